The highest BCUT2D eigenvalue weighted by molar-refractivity contribution is 5.84. The minimum absolute atomic E-state index is 0.260. The van der Waals surface area contributed by atoms with E-state index < -0.39 is 0 Å². The summed E-state index contributed by atoms with van der Waals surface area (Å²) < 4.78 is 0. The van der Waals surface area contributed by atoms with E-state index in [1.165, 1.54) is 5.56 Å². The van der Waals surface area contributed by atoms with Crippen LogP contribution in [-0.2, 0) is 11.2 Å². The van der Waals surface area contributed by atoms with Crippen molar-refractivity contribution >= 4 is 5.78 Å². The predicted molar refractivity (Wildman–Crippen MR) is 56.2 cm³/mol. The normalized spacial score (nSPS) is 16.4. The lowest BCUT2D eigenvalue weighted by Gasteiger charge is -2.25. The van der Waals surface area contributed by atoms with Gasteiger partial charge in [0.15, 0.2) is 0 Å². The van der Waals surface area contributed by atoms with Gasteiger partial charge in [-0.2, -0.15) is 0 Å². The van der Waals surface area contributed by atoms with Crippen molar-refractivity contribution in [2.24, 2.45) is 5.92 Å². The highest BCUT2D eigenvalue weighted by atomic mass is 16.1. The number of carbonyl (C=O) groups excluding carboxylic acids is 1. The largest absolute Gasteiger partial charge is 0.315 e. The number of rotatable bonds is 3. The van der Waals surface area contributed by atoms with Crippen LogP contribution in [0.15, 0.2) is 24.3 Å². The fourth-order valence-corrected chi connectivity index (χ4v) is 1.57. The smallest absolute Gasteiger partial charge is 0.142 e. The summed E-state index contributed by atoms with van der Waals surface area (Å²) in [4.78, 5) is 11.6. The number of aryl methyl sites for hydroxylation is 1. The topological polar surface area (TPSA) is 29.1 Å². The molecule has 1 heterocycles. The van der Waals surface area contributed by atoms with Crippen LogP contribution in [0.2, 0.25) is 0 Å². The van der Waals surface area contributed by atoms with E-state index in [2.05, 4.69) is 24.4 Å². The molecule has 2 nitrogen and oxygen atoms in total. The maximum atomic E-state index is 11.6. The lowest BCUT2D eigenvalue weighted by atomic mass is 9.93. The number of carbonyl (C=O) groups is 1. The van der Waals surface area contributed by atoms with Crippen LogP contribution in [0.3, 0.4) is 0 Å². The molecule has 0 atom stereocenters. The summed E-state index contributed by atoms with van der Waals surface area (Å²) in [5, 5.41) is 3.12. The maximum Gasteiger partial charge on any atom is 0.142 e. The van der Waals surface area contributed by atoms with Gasteiger partial charge < -0.3 is 5.32 Å². The first-order valence-corrected chi connectivity index (χ1v) is 5.04. The molecule has 0 spiro atoms. The van der Waals surface area contributed by atoms with E-state index in [0.29, 0.717) is 12.2 Å². The molecule has 0 bridgehead atoms. The molecule has 1 aliphatic rings. The van der Waals surface area contributed by atoms with Gasteiger partial charge >= 0.3 is 0 Å². The quantitative estimate of drug-likeness (QED) is 0.777. The van der Waals surface area contributed by atoms with Gasteiger partial charge in [-0.1, -0.05) is 29.8 Å². The third-order valence-corrected chi connectivity index (χ3v) is 2.74. The Morgan fingerprint density at radius 1 is 1.36 bits per heavy atom. The van der Waals surface area contributed by atoms with Crippen molar-refractivity contribution in [3.05, 3.63) is 35.4 Å². The van der Waals surface area contributed by atoms with Gasteiger partial charge in [0, 0.05) is 25.4 Å². The summed E-state index contributed by atoms with van der Waals surface area (Å²) in [6.45, 7) is 3.79. The predicted octanol–water partition coefficient (Wildman–Crippen LogP) is 1.33. The van der Waals surface area contributed by atoms with Crippen molar-refractivity contribution in [3.63, 3.8) is 0 Å². The molecule has 14 heavy (non-hydrogen) atoms. The molecule has 2 rings (SSSR count). The molecule has 1 aromatic rings. The summed E-state index contributed by atoms with van der Waals surface area (Å²) in [5.41, 5.74) is 2.37. The summed E-state index contributed by atoms with van der Waals surface area (Å²) in [6, 6.07) is 8.20. The van der Waals surface area contributed by atoms with Crippen LogP contribution >= 0.6 is 0 Å². The van der Waals surface area contributed by atoms with E-state index in [1.54, 1.807) is 0 Å². The first-order chi connectivity index (χ1) is 6.75. The molecule has 0 aromatic heterocycles. The second-order valence-corrected chi connectivity index (χ2v) is 3.98. The zero-order valence-corrected chi connectivity index (χ0v) is 8.42. The molecule has 0 amide bonds. The second-order valence-electron chi connectivity index (χ2n) is 3.98. The summed E-state index contributed by atoms with van der Waals surface area (Å²) in [5.74, 6) is 0.629. The molecule has 2 heteroatoms. The van der Waals surface area contributed by atoms with Crippen LogP contribution in [0, 0.1) is 12.8 Å². The van der Waals surface area contributed by atoms with Gasteiger partial charge in [-0.15, -0.1) is 0 Å². The Hall–Kier alpha value is -1.15. The van der Waals surface area contributed by atoms with E-state index in [4.69, 9.17) is 0 Å². The average Bonchev–Trinajstić information content (AvgIpc) is 2.06. The zero-order chi connectivity index (χ0) is 9.97. The Balaban J connectivity index is 1.96. The number of nitrogens with one attached hydrogen (secondary N) is 1. The number of Topliss-reactive ketones (excluding diaryl/α,β-unsaturated/α-hetero) is 1. The third kappa shape index (κ3) is 2.02. The molecule has 1 aromatic carbocycles. The number of hydrogen-bond acceptors (Lipinski definition) is 2. The van der Waals surface area contributed by atoms with Crippen molar-refractivity contribution in [2.75, 3.05) is 13.1 Å². The van der Waals surface area contributed by atoms with Crippen molar-refractivity contribution in [3.8, 4) is 0 Å². The summed E-state index contributed by atoms with van der Waals surface area (Å²) in [6.07, 6.45) is 0.590. The lowest BCUT2D eigenvalue weighted by Crippen LogP contribution is -2.47. The van der Waals surface area contributed by atoms with Gasteiger partial charge in [0.05, 0.1) is 0 Å². The first kappa shape index (κ1) is 9.41. The molecular weight excluding hydrogens is 174 g/mol. The molecule has 1 fully saturated rings. The average molecular weight is 189 g/mol. The molecule has 1 saturated heterocycles. The van der Waals surface area contributed by atoms with Crippen LogP contribution < -0.4 is 5.32 Å². The van der Waals surface area contributed by atoms with E-state index in [9.17, 15) is 4.79 Å². The molecule has 1 aliphatic heterocycles. The van der Waals surface area contributed by atoms with Gasteiger partial charge in [0.1, 0.15) is 5.78 Å². The van der Waals surface area contributed by atoms with E-state index in [0.717, 1.165) is 18.7 Å². The highest BCUT2D eigenvalue weighted by Crippen LogP contribution is 2.10. The summed E-state index contributed by atoms with van der Waals surface area (Å²) in [7, 11) is 0. The van der Waals surface area contributed by atoms with Crippen molar-refractivity contribution in [1.82, 2.24) is 5.32 Å². The van der Waals surface area contributed by atoms with Crippen molar-refractivity contribution in [1.29, 1.82) is 0 Å². The summed E-state index contributed by atoms with van der Waals surface area (Å²) >= 11 is 0. The van der Waals surface area contributed by atoms with Crippen LogP contribution in [0.4, 0.5) is 0 Å². The SMILES string of the molecule is Cc1ccc(CC(=O)C2CNC2)cc1. The molecule has 0 aliphatic carbocycles. The van der Waals surface area contributed by atoms with Gasteiger partial charge in [-0.05, 0) is 12.5 Å². The van der Waals surface area contributed by atoms with E-state index in [1.807, 2.05) is 12.1 Å². The molecule has 0 radical (unpaired) electrons. The van der Waals surface area contributed by atoms with E-state index in [-0.39, 0.29) is 5.92 Å². The Kier molecular flexibility index (Phi) is 2.64. The number of ketones is 1. The molecule has 0 saturated carbocycles. The minimum atomic E-state index is 0.260. The minimum Gasteiger partial charge on any atom is -0.315 e. The van der Waals surface area contributed by atoms with Crippen LogP contribution in [-0.4, -0.2) is 18.9 Å². The van der Waals surface area contributed by atoms with Crippen molar-refractivity contribution in [2.45, 2.75) is 13.3 Å². The Bertz CT molecular complexity index is 325. The third-order valence-electron chi connectivity index (χ3n) is 2.74. The highest BCUT2D eigenvalue weighted by Gasteiger charge is 2.24. The molecule has 0 unspecified atom stereocenters. The maximum absolute atomic E-state index is 11.6. The van der Waals surface area contributed by atoms with Crippen LogP contribution in [0.5, 0.6) is 0 Å². The lowest BCUT2D eigenvalue weighted by molar-refractivity contribution is -0.123. The van der Waals surface area contributed by atoms with Gasteiger partial charge in [0.2, 0.25) is 0 Å². The fourth-order valence-electron chi connectivity index (χ4n) is 1.57. The molecule has 74 valence electrons. The molecular formula is C12H15NO. The Labute approximate surface area is 84.3 Å². The Morgan fingerprint density at radius 3 is 2.50 bits per heavy atom. The molecule has 1 N–H and O–H groups in total. The standard InChI is InChI=1S/C12H15NO/c1-9-2-4-10(5-3-9)6-12(14)11-7-13-8-11/h2-5,11,13H,6-8H2,1H3. The zero-order valence-electron chi connectivity index (χ0n) is 8.42. The van der Waals surface area contributed by atoms with E-state index >= 15 is 0 Å². The first-order valence-electron chi connectivity index (χ1n) is 5.04. The van der Waals surface area contributed by atoms with Gasteiger partial charge in [-0.3, -0.25) is 4.79 Å². The van der Waals surface area contributed by atoms with Gasteiger partial charge in [0.25, 0.3) is 0 Å². The second kappa shape index (κ2) is 3.93. The fraction of sp³-hybridized carbons (Fsp3) is 0.417. The Morgan fingerprint density at radius 2 is 2.00 bits per heavy atom. The van der Waals surface area contributed by atoms with Crippen LogP contribution in [0.1, 0.15) is 11.1 Å². The van der Waals surface area contributed by atoms with Gasteiger partial charge in [-0.25, -0.2) is 0 Å². The van der Waals surface area contributed by atoms with Crippen LogP contribution in [0.25, 0.3) is 0 Å². The monoisotopic (exact) mass is 189 g/mol. The number of benzene rings is 1. The van der Waals surface area contributed by atoms with Crippen molar-refractivity contribution < 1.29 is 4.79 Å². The number of hydrogen-bond donors (Lipinski definition) is 1.